The van der Waals surface area contributed by atoms with Crippen LogP contribution in [0, 0.1) is 49.2 Å². The van der Waals surface area contributed by atoms with Crippen molar-refractivity contribution in [2.24, 2.45) is 5.92 Å². The summed E-state index contributed by atoms with van der Waals surface area (Å²) in [6, 6.07) is 78.9. The summed E-state index contributed by atoms with van der Waals surface area (Å²) in [5, 5.41) is 0. The normalized spacial score (nSPS) is 15.4. The minimum absolute atomic E-state index is 0. The second kappa shape index (κ2) is 19.8. The van der Waals surface area contributed by atoms with Crippen LogP contribution in [0.4, 0.5) is 28.4 Å². The zero-order valence-electron chi connectivity index (χ0n) is 36.0. The molecule has 8 aromatic carbocycles. The molecule has 64 heavy (non-hydrogen) atoms. The van der Waals surface area contributed by atoms with Crippen LogP contribution in [0.3, 0.4) is 0 Å². The Balaban J connectivity index is 0.00000518. The summed E-state index contributed by atoms with van der Waals surface area (Å²) in [6.07, 6.45) is 15.9. The summed E-state index contributed by atoms with van der Waals surface area (Å²) >= 11 is 0. The van der Waals surface area contributed by atoms with Gasteiger partial charge in [0.05, 0.1) is 0 Å². The van der Waals surface area contributed by atoms with Gasteiger partial charge in [0, 0.05) is 28.7 Å². The molecule has 2 atom stereocenters. The fraction of sp³-hybridized carbons (Fsp3) is 0.0820. The summed E-state index contributed by atoms with van der Waals surface area (Å²) in [6.45, 7) is 2.32. The molecule has 0 bridgehead atoms. The zero-order chi connectivity index (χ0) is 42.4. The third kappa shape index (κ3) is 9.34. The van der Waals surface area contributed by atoms with Crippen molar-refractivity contribution in [3.05, 3.63) is 266 Å². The van der Waals surface area contributed by atoms with Gasteiger partial charge in [0.15, 0.2) is 0 Å². The van der Waals surface area contributed by atoms with E-state index in [1.807, 2.05) is 12.1 Å². The summed E-state index contributed by atoms with van der Waals surface area (Å²) in [7, 11) is 0. The summed E-state index contributed by atoms with van der Waals surface area (Å²) in [5.41, 5.74) is 17.2. The van der Waals surface area contributed by atoms with E-state index in [1.54, 1.807) is 0 Å². The molecule has 0 radical (unpaired) electrons. The van der Waals surface area contributed by atoms with Crippen molar-refractivity contribution in [3.63, 3.8) is 0 Å². The predicted molar refractivity (Wildman–Crippen MR) is 266 cm³/mol. The second-order valence-electron chi connectivity index (χ2n) is 16.4. The van der Waals surface area contributed by atoms with Gasteiger partial charge >= 0.3 is 31.1 Å². The third-order valence-electron chi connectivity index (χ3n) is 12.3. The van der Waals surface area contributed by atoms with Crippen LogP contribution in [0.5, 0.6) is 0 Å². The van der Waals surface area contributed by atoms with Gasteiger partial charge in [-0.05, 0) is 112 Å². The fourth-order valence-electron chi connectivity index (χ4n) is 8.97. The van der Waals surface area contributed by atoms with Gasteiger partial charge in [0.1, 0.15) is 0 Å². The van der Waals surface area contributed by atoms with Gasteiger partial charge in [0.2, 0.25) is 0 Å². The molecular weight excluding hydrogens is 999 g/mol. The van der Waals surface area contributed by atoms with Gasteiger partial charge in [-0.3, -0.25) is 0 Å². The predicted octanol–water partition coefficient (Wildman–Crippen LogP) is 16.5. The molecule has 2 unspecified atom stereocenters. The first-order valence-electron chi connectivity index (χ1n) is 22.0. The van der Waals surface area contributed by atoms with Gasteiger partial charge in [-0.15, -0.1) is 12.1 Å². The summed E-state index contributed by atoms with van der Waals surface area (Å²) < 4.78 is 0. The maximum atomic E-state index is 3.59. The van der Waals surface area contributed by atoms with Gasteiger partial charge in [-0.2, -0.15) is 36.4 Å². The van der Waals surface area contributed by atoms with E-state index in [0.717, 1.165) is 58.1 Å². The molecular formula is C61H48N2U. The number of allylic oxidation sites excluding steroid dienone is 7. The first-order valence-corrected chi connectivity index (χ1v) is 22.0. The molecule has 306 valence electrons. The molecule has 0 saturated heterocycles. The van der Waals surface area contributed by atoms with Crippen molar-refractivity contribution < 1.29 is 31.1 Å². The van der Waals surface area contributed by atoms with E-state index in [2.05, 4.69) is 253 Å². The van der Waals surface area contributed by atoms with Gasteiger partial charge in [0.25, 0.3) is 0 Å². The van der Waals surface area contributed by atoms with E-state index in [4.69, 9.17) is 0 Å². The SMILES string of the molecule is CC1C=C(N(c2ccc(-c3ccccc3)cc2)c2cc[c-]c(-c3[c-]ccc(N(c4ccc(C5=CC=CCC5)cc4)c4ccc(-c5ccccc5)cc4)c3)c2)C=CC1c1ccccc1.[U+2]. The van der Waals surface area contributed by atoms with Crippen molar-refractivity contribution in [3.8, 4) is 33.4 Å². The molecule has 0 heterocycles. The number of anilines is 5. The molecule has 0 spiro atoms. The van der Waals surface area contributed by atoms with Crippen LogP contribution in [0.25, 0.3) is 39.0 Å². The average molecular weight is 1050 g/mol. The fourth-order valence-corrected chi connectivity index (χ4v) is 8.97. The molecule has 2 nitrogen and oxygen atoms in total. The van der Waals surface area contributed by atoms with Crippen LogP contribution in [0.15, 0.2) is 242 Å². The minimum atomic E-state index is 0. The van der Waals surface area contributed by atoms with Gasteiger partial charge in [-0.1, -0.05) is 165 Å². The average Bonchev–Trinajstić information content (AvgIpc) is 3.36. The Labute approximate surface area is 402 Å². The Morgan fingerprint density at radius 1 is 0.484 bits per heavy atom. The Kier molecular flexibility index (Phi) is 13.2. The zero-order valence-corrected chi connectivity index (χ0v) is 40.1. The summed E-state index contributed by atoms with van der Waals surface area (Å²) in [5.74, 6) is 0.612. The van der Waals surface area contributed by atoms with Crippen LogP contribution in [-0.4, -0.2) is 0 Å². The third-order valence-corrected chi connectivity index (χ3v) is 12.3. The molecule has 0 aromatic heterocycles. The number of nitrogens with zero attached hydrogens (tertiary/aromatic N) is 2. The second-order valence-corrected chi connectivity index (χ2v) is 16.4. The Morgan fingerprint density at radius 2 is 0.953 bits per heavy atom. The van der Waals surface area contributed by atoms with Crippen LogP contribution in [0.2, 0.25) is 0 Å². The van der Waals surface area contributed by atoms with Crippen molar-refractivity contribution in [2.75, 3.05) is 9.80 Å². The van der Waals surface area contributed by atoms with Gasteiger partial charge in [-0.25, -0.2) is 11.1 Å². The van der Waals surface area contributed by atoms with Crippen molar-refractivity contribution in [1.29, 1.82) is 0 Å². The van der Waals surface area contributed by atoms with E-state index in [1.165, 1.54) is 39.0 Å². The van der Waals surface area contributed by atoms with E-state index in [9.17, 15) is 0 Å². The Hall–Kier alpha value is -6.63. The van der Waals surface area contributed by atoms with Crippen LogP contribution >= 0.6 is 0 Å². The number of benzene rings is 8. The van der Waals surface area contributed by atoms with Gasteiger partial charge < -0.3 is 9.80 Å². The van der Waals surface area contributed by atoms with Crippen LogP contribution in [0.1, 0.15) is 36.8 Å². The number of rotatable bonds is 11. The smallest absolute Gasteiger partial charge is 0.329 e. The van der Waals surface area contributed by atoms with E-state index < -0.39 is 0 Å². The molecule has 10 rings (SSSR count). The quantitative estimate of drug-likeness (QED) is 0.119. The molecule has 3 heteroatoms. The molecule has 2 aliphatic rings. The monoisotopic (exact) mass is 1050 g/mol. The summed E-state index contributed by atoms with van der Waals surface area (Å²) in [4.78, 5) is 4.72. The largest absolute Gasteiger partial charge is 2.00 e. The molecule has 0 N–H and O–H groups in total. The first-order chi connectivity index (χ1) is 31.1. The first kappa shape index (κ1) is 42.7. The molecule has 2 aliphatic carbocycles. The van der Waals surface area contributed by atoms with Crippen molar-refractivity contribution in [2.45, 2.75) is 25.7 Å². The number of hydrogen-bond acceptors (Lipinski definition) is 2. The molecule has 0 saturated carbocycles. The maximum absolute atomic E-state index is 3.59. The number of hydrogen-bond donors (Lipinski definition) is 0. The Morgan fingerprint density at radius 3 is 1.45 bits per heavy atom. The van der Waals surface area contributed by atoms with E-state index in [0.29, 0.717) is 11.8 Å². The van der Waals surface area contributed by atoms with Crippen molar-refractivity contribution >= 4 is 34.0 Å². The topological polar surface area (TPSA) is 6.48 Å². The van der Waals surface area contributed by atoms with E-state index >= 15 is 0 Å². The maximum Gasteiger partial charge on any atom is 2.00 e. The van der Waals surface area contributed by atoms with Crippen molar-refractivity contribution in [1.82, 2.24) is 0 Å². The Bertz CT molecular complexity index is 2930. The molecule has 0 amide bonds. The standard InChI is InChI=1S/C61H48N2.U/c1-45-42-60(40-41-61(45)52-22-12-5-13-23-52)63(57-38-32-51(33-39-57)48-20-10-4-11-21-48)59-27-15-25-54(44-59)53-24-14-26-58(43-53)62(55-34-28-49(29-35-55)46-16-6-2-7-17-46)56-36-30-50(31-37-56)47-18-8-3-9-19-47;/h2-8,10-18,20-23,26-45,61H,9,19H2,1H3;/q-2;+2. The van der Waals surface area contributed by atoms with E-state index in [-0.39, 0.29) is 31.1 Å². The van der Waals surface area contributed by atoms with Crippen LogP contribution in [-0.2, 0) is 0 Å². The molecule has 0 aliphatic heterocycles. The molecule has 8 aromatic rings. The molecule has 0 fully saturated rings. The minimum Gasteiger partial charge on any atom is -0.329 e. The van der Waals surface area contributed by atoms with Crippen LogP contribution < -0.4 is 9.80 Å².